The quantitative estimate of drug-likeness (QED) is 0.562. The number of nitrogens with two attached hydrogens (primary N) is 1. The van der Waals surface area contributed by atoms with Gasteiger partial charge in [0.15, 0.2) is 0 Å². The SMILES string of the molecule is Nc1onc(-c2cc(Br)ccc2I)c1-c1cccs1. The molecule has 1 aromatic carbocycles. The Kier molecular flexibility index (Phi) is 3.64. The molecular formula is C13H8BrIN2OS. The van der Waals surface area contributed by atoms with Gasteiger partial charge in [-0.15, -0.1) is 11.3 Å². The standard InChI is InChI=1S/C13H8BrIN2OS/c14-7-3-4-9(15)8(6-7)12-11(13(16)18-17-12)10-2-1-5-19-10/h1-6H,16H2. The smallest absolute Gasteiger partial charge is 0.231 e. The molecule has 3 aromatic rings. The Morgan fingerprint density at radius 3 is 2.89 bits per heavy atom. The number of nitrogen functional groups attached to an aromatic ring is 1. The lowest BCUT2D eigenvalue weighted by molar-refractivity contribution is 0.439. The van der Waals surface area contributed by atoms with Crippen LogP contribution in [0.5, 0.6) is 0 Å². The molecule has 0 aliphatic heterocycles. The minimum absolute atomic E-state index is 0.355. The molecule has 2 N–H and O–H groups in total. The molecule has 0 bridgehead atoms. The predicted molar refractivity (Wildman–Crippen MR) is 90.1 cm³/mol. The first-order chi connectivity index (χ1) is 9.16. The van der Waals surface area contributed by atoms with Crippen molar-refractivity contribution in [3.05, 3.63) is 43.8 Å². The highest BCUT2D eigenvalue weighted by molar-refractivity contribution is 14.1. The van der Waals surface area contributed by atoms with E-state index < -0.39 is 0 Å². The molecule has 2 aromatic heterocycles. The van der Waals surface area contributed by atoms with Gasteiger partial charge in [-0.3, -0.25) is 0 Å². The van der Waals surface area contributed by atoms with Crippen LogP contribution < -0.4 is 5.73 Å². The van der Waals surface area contributed by atoms with Gasteiger partial charge in [0, 0.05) is 18.5 Å². The Bertz CT molecular complexity index is 724. The number of nitrogens with zero attached hydrogens (tertiary/aromatic N) is 1. The fourth-order valence-corrected chi connectivity index (χ4v) is 3.55. The molecule has 2 heterocycles. The van der Waals surface area contributed by atoms with Gasteiger partial charge in [-0.2, -0.15) is 0 Å². The number of halogens is 2. The van der Waals surface area contributed by atoms with E-state index in [4.69, 9.17) is 10.3 Å². The number of anilines is 1. The van der Waals surface area contributed by atoms with Crippen LogP contribution >= 0.6 is 49.9 Å². The third-order valence-electron chi connectivity index (χ3n) is 2.67. The van der Waals surface area contributed by atoms with Gasteiger partial charge in [-0.05, 0) is 52.2 Å². The molecule has 0 aliphatic carbocycles. The van der Waals surface area contributed by atoms with E-state index in [0.717, 1.165) is 29.7 Å². The summed E-state index contributed by atoms with van der Waals surface area (Å²) >= 11 is 7.39. The van der Waals surface area contributed by atoms with Crippen molar-refractivity contribution >= 4 is 55.7 Å². The van der Waals surface area contributed by atoms with Crippen molar-refractivity contribution in [3.63, 3.8) is 0 Å². The highest BCUT2D eigenvalue weighted by Crippen LogP contribution is 2.40. The highest BCUT2D eigenvalue weighted by atomic mass is 127. The average Bonchev–Trinajstić information content (AvgIpc) is 3.01. The first-order valence-corrected chi connectivity index (χ1v) is 8.16. The van der Waals surface area contributed by atoms with Gasteiger partial charge < -0.3 is 10.3 Å². The van der Waals surface area contributed by atoms with Crippen molar-refractivity contribution in [2.45, 2.75) is 0 Å². The topological polar surface area (TPSA) is 52.0 Å². The number of hydrogen-bond donors (Lipinski definition) is 1. The second-order valence-corrected chi connectivity index (χ2v) is 6.90. The van der Waals surface area contributed by atoms with Gasteiger partial charge in [0.2, 0.25) is 5.88 Å². The second-order valence-electron chi connectivity index (χ2n) is 3.87. The highest BCUT2D eigenvalue weighted by Gasteiger charge is 2.20. The second kappa shape index (κ2) is 5.26. The predicted octanol–water partition coefficient (Wildman–Crippen LogP) is 5.02. The van der Waals surface area contributed by atoms with Crippen LogP contribution in [0.1, 0.15) is 0 Å². The molecule has 96 valence electrons. The molecule has 3 nitrogen and oxygen atoms in total. The molecule has 6 heteroatoms. The molecule has 0 saturated heterocycles. The van der Waals surface area contributed by atoms with Crippen molar-refractivity contribution in [1.29, 1.82) is 0 Å². The fourth-order valence-electron chi connectivity index (χ4n) is 1.82. The summed E-state index contributed by atoms with van der Waals surface area (Å²) in [5, 5.41) is 6.14. The number of thiophene rings is 1. The summed E-state index contributed by atoms with van der Waals surface area (Å²) in [6.07, 6.45) is 0. The maximum absolute atomic E-state index is 5.92. The maximum Gasteiger partial charge on any atom is 0.231 e. The molecule has 3 rings (SSSR count). The molecule has 19 heavy (non-hydrogen) atoms. The van der Waals surface area contributed by atoms with Gasteiger partial charge in [0.05, 0.1) is 5.56 Å². The van der Waals surface area contributed by atoms with Crippen LogP contribution in [0.25, 0.3) is 21.7 Å². The number of aromatic nitrogens is 1. The van der Waals surface area contributed by atoms with Crippen molar-refractivity contribution in [3.8, 4) is 21.7 Å². The number of hydrogen-bond acceptors (Lipinski definition) is 4. The van der Waals surface area contributed by atoms with E-state index in [1.54, 1.807) is 11.3 Å². The van der Waals surface area contributed by atoms with E-state index in [1.807, 2.05) is 35.7 Å². The Balaban J connectivity index is 2.24. The van der Waals surface area contributed by atoms with Crippen LogP contribution in [0.4, 0.5) is 5.88 Å². The summed E-state index contributed by atoms with van der Waals surface area (Å²) in [6.45, 7) is 0. The van der Waals surface area contributed by atoms with Crippen LogP contribution in [0.3, 0.4) is 0 Å². The molecule has 0 spiro atoms. The third kappa shape index (κ3) is 2.44. The van der Waals surface area contributed by atoms with Crippen LogP contribution in [-0.4, -0.2) is 5.16 Å². The summed E-state index contributed by atoms with van der Waals surface area (Å²) in [5.41, 5.74) is 8.58. The van der Waals surface area contributed by atoms with Crippen LogP contribution in [-0.2, 0) is 0 Å². The first kappa shape index (κ1) is 13.1. The lowest BCUT2D eigenvalue weighted by Gasteiger charge is -2.04. The Labute approximate surface area is 136 Å². The minimum Gasteiger partial charge on any atom is -0.367 e. The fraction of sp³-hybridized carbons (Fsp3) is 0. The number of rotatable bonds is 2. The van der Waals surface area contributed by atoms with E-state index >= 15 is 0 Å². The normalized spacial score (nSPS) is 10.8. The summed E-state index contributed by atoms with van der Waals surface area (Å²) in [4.78, 5) is 1.06. The van der Waals surface area contributed by atoms with Gasteiger partial charge in [-0.25, -0.2) is 0 Å². The van der Waals surface area contributed by atoms with E-state index in [2.05, 4.69) is 43.7 Å². The lowest BCUT2D eigenvalue weighted by atomic mass is 10.1. The molecule has 0 fully saturated rings. The van der Waals surface area contributed by atoms with E-state index in [0.29, 0.717) is 5.88 Å². The van der Waals surface area contributed by atoms with Crippen LogP contribution in [0, 0.1) is 3.57 Å². The molecule has 0 atom stereocenters. The molecule has 0 unspecified atom stereocenters. The summed E-state index contributed by atoms with van der Waals surface area (Å²) in [5.74, 6) is 0.355. The minimum atomic E-state index is 0.355. The molecule has 0 amide bonds. The van der Waals surface area contributed by atoms with Crippen molar-refractivity contribution < 1.29 is 4.52 Å². The molecule has 0 aliphatic rings. The average molecular weight is 447 g/mol. The third-order valence-corrected chi connectivity index (χ3v) is 4.99. The zero-order chi connectivity index (χ0) is 13.4. The molecule has 0 radical (unpaired) electrons. The van der Waals surface area contributed by atoms with Crippen LogP contribution in [0.2, 0.25) is 0 Å². The maximum atomic E-state index is 5.92. The van der Waals surface area contributed by atoms with Gasteiger partial charge in [-0.1, -0.05) is 27.2 Å². The zero-order valence-corrected chi connectivity index (χ0v) is 14.1. The molecule has 0 saturated carbocycles. The summed E-state index contributed by atoms with van der Waals surface area (Å²) < 4.78 is 7.29. The van der Waals surface area contributed by atoms with Crippen molar-refractivity contribution in [2.75, 3.05) is 5.73 Å². The first-order valence-electron chi connectivity index (χ1n) is 5.41. The molecular weight excluding hydrogens is 439 g/mol. The zero-order valence-electron chi connectivity index (χ0n) is 9.56. The monoisotopic (exact) mass is 446 g/mol. The van der Waals surface area contributed by atoms with Crippen molar-refractivity contribution in [2.24, 2.45) is 0 Å². The van der Waals surface area contributed by atoms with Crippen molar-refractivity contribution in [1.82, 2.24) is 5.16 Å². The summed E-state index contributed by atoms with van der Waals surface area (Å²) in [7, 11) is 0. The van der Waals surface area contributed by atoms with Gasteiger partial charge in [0.25, 0.3) is 0 Å². The van der Waals surface area contributed by atoms with Crippen LogP contribution in [0.15, 0.2) is 44.7 Å². The summed E-state index contributed by atoms with van der Waals surface area (Å²) in [6, 6.07) is 10.1. The van der Waals surface area contributed by atoms with E-state index in [-0.39, 0.29) is 0 Å². The van der Waals surface area contributed by atoms with E-state index in [9.17, 15) is 0 Å². The largest absolute Gasteiger partial charge is 0.367 e. The Hall–Kier alpha value is -0.860. The lowest BCUT2D eigenvalue weighted by Crippen LogP contribution is -1.88. The number of benzene rings is 1. The van der Waals surface area contributed by atoms with Gasteiger partial charge in [0.1, 0.15) is 5.69 Å². The Morgan fingerprint density at radius 2 is 2.16 bits per heavy atom. The van der Waals surface area contributed by atoms with Gasteiger partial charge >= 0.3 is 0 Å². The van der Waals surface area contributed by atoms with E-state index in [1.165, 1.54) is 0 Å². The Morgan fingerprint density at radius 1 is 1.32 bits per heavy atom.